The molecule has 0 saturated carbocycles. The molecule has 3 aromatic carbocycles. The third-order valence-electron chi connectivity index (χ3n) is 3.41. The second-order valence-corrected chi connectivity index (χ2v) is 5.80. The summed E-state index contributed by atoms with van der Waals surface area (Å²) in [6, 6.07) is 21.3. The van der Waals surface area contributed by atoms with Crippen LogP contribution in [-0.4, -0.2) is 0 Å². The van der Waals surface area contributed by atoms with Crippen molar-refractivity contribution in [1.82, 2.24) is 0 Å². The number of fused-ring (bicyclic) bond motifs is 1. The van der Waals surface area contributed by atoms with Crippen LogP contribution in [-0.2, 0) is 11.8 Å². The molecule has 0 bridgehead atoms. The van der Waals surface area contributed by atoms with E-state index in [4.69, 9.17) is 11.8 Å². The van der Waals surface area contributed by atoms with Crippen molar-refractivity contribution in [3.8, 4) is 11.1 Å². The maximum atomic E-state index is 5.26. The standard InChI is InChI=1S/C17H13PS/c1-12-6-4-11-16(18-19)17(12)15-10-5-8-13-7-2-3-9-14(13)15/h2-11H,1H3. The number of benzene rings is 3. The van der Waals surface area contributed by atoms with E-state index in [9.17, 15) is 0 Å². The maximum Gasteiger partial charge on any atom is 0.0209 e. The van der Waals surface area contributed by atoms with Crippen molar-refractivity contribution < 1.29 is 0 Å². The summed E-state index contributed by atoms with van der Waals surface area (Å²) in [5, 5.41) is 3.78. The molecule has 0 saturated heterocycles. The van der Waals surface area contributed by atoms with Crippen LogP contribution in [0.25, 0.3) is 21.9 Å². The molecule has 0 aromatic heterocycles. The van der Waals surface area contributed by atoms with Gasteiger partial charge in [-0.05, 0) is 40.5 Å². The van der Waals surface area contributed by atoms with Crippen LogP contribution in [0.4, 0.5) is 0 Å². The molecule has 0 aliphatic rings. The highest BCUT2D eigenvalue weighted by Gasteiger charge is 2.09. The first-order chi connectivity index (χ1) is 9.31. The lowest BCUT2D eigenvalue weighted by atomic mass is 9.95. The summed E-state index contributed by atoms with van der Waals surface area (Å²) in [6.45, 7) is 2.15. The summed E-state index contributed by atoms with van der Waals surface area (Å²) < 4.78 is 0. The summed E-state index contributed by atoms with van der Waals surface area (Å²) in [6.07, 6.45) is 0. The predicted molar refractivity (Wildman–Crippen MR) is 88.0 cm³/mol. The summed E-state index contributed by atoms with van der Waals surface area (Å²) >= 11 is 5.26. The van der Waals surface area contributed by atoms with Crippen molar-refractivity contribution in [1.29, 1.82) is 0 Å². The Bertz CT molecular complexity index is 757. The maximum absolute atomic E-state index is 5.26. The van der Waals surface area contributed by atoms with Crippen molar-refractivity contribution in [3.63, 3.8) is 0 Å². The van der Waals surface area contributed by atoms with E-state index in [-0.39, 0.29) is 0 Å². The molecule has 0 spiro atoms. The molecule has 0 radical (unpaired) electrons. The van der Waals surface area contributed by atoms with E-state index in [1.54, 1.807) is 0 Å². The lowest BCUT2D eigenvalue weighted by molar-refractivity contribution is 1.49. The molecule has 0 atom stereocenters. The molecule has 92 valence electrons. The molecule has 19 heavy (non-hydrogen) atoms. The number of hydrogen-bond donors (Lipinski definition) is 0. The van der Waals surface area contributed by atoms with Gasteiger partial charge in [0.25, 0.3) is 0 Å². The molecule has 3 aromatic rings. The zero-order valence-corrected chi connectivity index (χ0v) is 12.3. The largest absolute Gasteiger partial charge is 0.0616 e. The Morgan fingerprint density at radius 1 is 0.842 bits per heavy atom. The van der Waals surface area contributed by atoms with E-state index in [1.807, 2.05) is 0 Å². The SMILES string of the molecule is Cc1cccc(P=S)c1-c1cccc2ccccc12. The minimum absolute atomic E-state index is 0.901. The summed E-state index contributed by atoms with van der Waals surface area (Å²) in [7, 11) is 0.901. The summed E-state index contributed by atoms with van der Waals surface area (Å²) in [5.74, 6) is 0. The minimum atomic E-state index is 0.901. The van der Waals surface area contributed by atoms with Crippen LogP contribution in [0.5, 0.6) is 0 Å². The molecule has 0 heterocycles. The summed E-state index contributed by atoms with van der Waals surface area (Å²) in [5.41, 5.74) is 3.85. The van der Waals surface area contributed by atoms with Gasteiger partial charge < -0.3 is 0 Å². The quantitative estimate of drug-likeness (QED) is 0.605. The topological polar surface area (TPSA) is 0 Å². The Labute approximate surface area is 119 Å². The van der Waals surface area contributed by atoms with Crippen LogP contribution in [0, 0.1) is 6.92 Å². The highest BCUT2D eigenvalue weighted by atomic mass is 32.4. The zero-order valence-electron chi connectivity index (χ0n) is 10.6. The van der Waals surface area contributed by atoms with Crippen LogP contribution in [0.3, 0.4) is 0 Å². The zero-order chi connectivity index (χ0) is 13.2. The predicted octanol–water partition coefficient (Wildman–Crippen LogP) is 4.85. The fourth-order valence-electron chi connectivity index (χ4n) is 2.52. The van der Waals surface area contributed by atoms with Crippen molar-refractivity contribution in [2.24, 2.45) is 0 Å². The van der Waals surface area contributed by atoms with E-state index >= 15 is 0 Å². The van der Waals surface area contributed by atoms with Crippen molar-refractivity contribution in [2.45, 2.75) is 6.92 Å². The van der Waals surface area contributed by atoms with Gasteiger partial charge in [-0.1, -0.05) is 66.4 Å². The highest BCUT2D eigenvalue weighted by molar-refractivity contribution is 7.99. The number of hydrogen-bond acceptors (Lipinski definition) is 1. The molecule has 2 heteroatoms. The molecule has 0 amide bonds. The molecule has 0 aliphatic carbocycles. The number of aryl methyl sites for hydroxylation is 1. The monoisotopic (exact) mass is 280 g/mol. The fourth-order valence-corrected chi connectivity index (χ4v) is 3.51. The molecular formula is C17H13PS. The van der Waals surface area contributed by atoms with E-state index in [0.717, 1.165) is 7.36 Å². The van der Waals surface area contributed by atoms with E-state index < -0.39 is 0 Å². The van der Waals surface area contributed by atoms with Gasteiger partial charge in [-0.15, -0.1) is 0 Å². The van der Waals surface area contributed by atoms with Gasteiger partial charge >= 0.3 is 0 Å². The molecule has 0 N–H and O–H groups in total. The first-order valence-electron chi connectivity index (χ1n) is 6.22. The van der Waals surface area contributed by atoms with Crippen LogP contribution in [0.15, 0.2) is 60.7 Å². The molecule has 0 nitrogen and oxygen atoms in total. The smallest absolute Gasteiger partial charge is 0.0209 e. The van der Waals surface area contributed by atoms with Crippen LogP contribution < -0.4 is 5.30 Å². The van der Waals surface area contributed by atoms with Gasteiger partial charge in [0.1, 0.15) is 0 Å². The average molecular weight is 280 g/mol. The Morgan fingerprint density at radius 2 is 1.58 bits per heavy atom. The Hall–Kier alpha value is -1.56. The lowest BCUT2D eigenvalue weighted by Crippen LogP contribution is -2.00. The average Bonchev–Trinajstić information content (AvgIpc) is 2.46. The first-order valence-corrected chi connectivity index (χ1v) is 8.13. The van der Waals surface area contributed by atoms with Crippen LogP contribution in [0.2, 0.25) is 0 Å². The van der Waals surface area contributed by atoms with Gasteiger partial charge in [-0.3, -0.25) is 0 Å². The van der Waals surface area contributed by atoms with Gasteiger partial charge in [0.15, 0.2) is 0 Å². The normalized spacial score (nSPS) is 11.0. The third-order valence-corrected chi connectivity index (χ3v) is 4.57. The first kappa shape index (κ1) is 12.5. The van der Waals surface area contributed by atoms with Gasteiger partial charge in [0.05, 0.1) is 0 Å². The third kappa shape index (κ3) is 2.20. The Morgan fingerprint density at radius 3 is 2.42 bits per heavy atom. The minimum Gasteiger partial charge on any atom is -0.0616 e. The second-order valence-electron chi connectivity index (χ2n) is 4.59. The van der Waals surface area contributed by atoms with Gasteiger partial charge in [-0.25, -0.2) is 0 Å². The van der Waals surface area contributed by atoms with Gasteiger partial charge in [0, 0.05) is 12.7 Å². The molecular weight excluding hydrogens is 267 g/mol. The van der Waals surface area contributed by atoms with Crippen molar-refractivity contribution >= 4 is 35.2 Å². The molecule has 3 rings (SSSR count). The van der Waals surface area contributed by atoms with Crippen LogP contribution >= 0.6 is 7.36 Å². The molecule has 0 unspecified atom stereocenters. The Balaban J connectivity index is 2.40. The number of rotatable bonds is 2. The van der Waals surface area contributed by atoms with E-state index in [2.05, 4.69) is 67.6 Å². The van der Waals surface area contributed by atoms with E-state index in [0.29, 0.717) is 0 Å². The summed E-state index contributed by atoms with van der Waals surface area (Å²) in [4.78, 5) is 0. The van der Waals surface area contributed by atoms with Gasteiger partial charge in [-0.2, -0.15) is 0 Å². The van der Waals surface area contributed by atoms with Gasteiger partial charge in [0.2, 0.25) is 0 Å². The fraction of sp³-hybridized carbons (Fsp3) is 0.0588. The highest BCUT2D eigenvalue weighted by Crippen LogP contribution is 2.31. The Kier molecular flexibility index (Phi) is 3.42. The lowest BCUT2D eigenvalue weighted by Gasteiger charge is -2.12. The molecule has 0 aliphatic heterocycles. The molecule has 0 fully saturated rings. The van der Waals surface area contributed by atoms with Crippen LogP contribution in [0.1, 0.15) is 5.56 Å². The van der Waals surface area contributed by atoms with E-state index in [1.165, 1.54) is 32.8 Å². The second kappa shape index (κ2) is 5.21. The van der Waals surface area contributed by atoms with Crippen molar-refractivity contribution in [2.75, 3.05) is 0 Å². The van der Waals surface area contributed by atoms with Crippen molar-refractivity contribution in [3.05, 3.63) is 66.2 Å².